The molecule has 10 heteroatoms. The van der Waals surface area contributed by atoms with E-state index in [4.69, 9.17) is 19.1 Å². The van der Waals surface area contributed by atoms with Crippen LogP contribution in [0.25, 0.3) is 22.4 Å². The van der Waals surface area contributed by atoms with E-state index in [0.717, 1.165) is 29.0 Å². The molecular weight excluding hydrogens is 415 g/mol. The van der Waals surface area contributed by atoms with Crippen LogP contribution in [0.4, 0.5) is 13.2 Å². The number of piperidine rings is 3. The Hall–Kier alpha value is -3.14. The van der Waals surface area contributed by atoms with Crippen LogP contribution in [0.5, 0.6) is 5.88 Å². The lowest BCUT2D eigenvalue weighted by Crippen LogP contribution is -2.52. The second-order valence-corrected chi connectivity index (χ2v) is 7.50. The van der Waals surface area contributed by atoms with E-state index >= 15 is 0 Å². The topological polar surface area (TPSA) is 88.7 Å². The summed E-state index contributed by atoms with van der Waals surface area (Å²) in [5.41, 5.74) is 1.59. The smallest absolute Gasteiger partial charge is 0.475 e. The van der Waals surface area contributed by atoms with Crippen molar-refractivity contribution >= 4 is 16.9 Å². The molecule has 7 nitrogen and oxygen atoms in total. The first-order chi connectivity index (χ1) is 14.8. The monoisotopic (exact) mass is 435 g/mol. The van der Waals surface area contributed by atoms with Gasteiger partial charge in [0.05, 0.1) is 0 Å². The van der Waals surface area contributed by atoms with Crippen molar-refractivity contribution in [2.75, 3.05) is 19.6 Å². The number of carbonyl (C=O) groups is 1. The van der Waals surface area contributed by atoms with E-state index in [0.29, 0.717) is 11.8 Å². The molecule has 0 amide bonds. The van der Waals surface area contributed by atoms with E-state index in [-0.39, 0.29) is 6.10 Å². The lowest BCUT2D eigenvalue weighted by atomic mass is 9.86. The van der Waals surface area contributed by atoms with Crippen LogP contribution >= 0.6 is 0 Å². The molecule has 3 aliphatic rings. The first-order valence-electron chi connectivity index (χ1n) is 9.81. The Morgan fingerprint density at radius 2 is 1.84 bits per heavy atom. The molecule has 3 aliphatic heterocycles. The first kappa shape index (κ1) is 21.1. The van der Waals surface area contributed by atoms with Gasteiger partial charge in [-0.05, 0) is 50.0 Å². The molecule has 0 unspecified atom stereocenters. The average Bonchev–Trinajstić information content (AvgIpc) is 3.19. The van der Waals surface area contributed by atoms with Crippen molar-refractivity contribution in [1.82, 2.24) is 15.1 Å². The van der Waals surface area contributed by atoms with Crippen LogP contribution in [-0.4, -0.2) is 58.1 Å². The lowest BCUT2D eigenvalue weighted by Gasteiger charge is -2.44. The van der Waals surface area contributed by atoms with Gasteiger partial charge in [0, 0.05) is 18.0 Å². The number of carboxylic acids is 1. The quantitative estimate of drug-likeness (QED) is 0.665. The number of aromatic nitrogens is 2. The van der Waals surface area contributed by atoms with Crippen LogP contribution in [0.15, 0.2) is 46.9 Å². The van der Waals surface area contributed by atoms with E-state index in [1.54, 1.807) is 0 Å². The number of halogens is 3. The van der Waals surface area contributed by atoms with E-state index in [1.165, 1.54) is 25.9 Å². The number of furan rings is 1. The number of hydrogen-bond donors (Lipinski definition) is 1. The third kappa shape index (κ3) is 4.96. The molecule has 1 aromatic carbocycles. The molecule has 2 bridgehead atoms. The van der Waals surface area contributed by atoms with E-state index in [2.05, 4.69) is 15.1 Å². The minimum absolute atomic E-state index is 0.249. The van der Waals surface area contributed by atoms with Gasteiger partial charge in [0.1, 0.15) is 17.4 Å². The minimum Gasteiger partial charge on any atom is -0.475 e. The summed E-state index contributed by atoms with van der Waals surface area (Å²) in [6.45, 7) is 3.43. The van der Waals surface area contributed by atoms with Gasteiger partial charge in [-0.25, -0.2) is 4.79 Å². The van der Waals surface area contributed by atoms with Crippen molar-refractivity contribution in [1.29, 1.82) is 0 Å². The summed E-state index contributed by atoms with van der Waals surface area (Å²) < 4.78 is 43.7. The van der Waals surface area contributed by atoms with E-state index in [1.807, 2.05) is 42.5 Å². The van der Waals surface area contributed by atoms with Gasteiger partial charge in [0.2, 0.25) is 5.88 Å². The normalized spacial score (nSPS) is 22.6. The summed E-state index contributed by atoms with van der Waals surface area (Å²) in [5.74, 6) is -0.758. The van der Waals surface area contributed by atoms with Gasteiger partial charge < -0.3 is 14.3 Å². The first-order valence-corrected chi connectivity index (χ1v) is 9.81. The maximum atomic E-state index is 10.6. The molecule has 5 heterocycles. The number of ether oxygens (including phenoxy) is 1. The molecule has 1 N–H and O–H groups in total. The predicted octanol–water partition coefficient (Wildman–Crippen LogP) is 4.00. The summed E-state index contributed by atoms with van der Waals surface area (Å²) >= 11 is 0. The van der Waals surface area contributed by atoms with Gasteiger partial charge in [0.15, 0.2) is 5.76 Å². The Balaban J connectivity index is 0.000000289. The molecular formula is C21H20F3N3O4. The summed E-state index contributed by atoms with van der Waals surface area (Å²) in [6, 6.07) is 13.8. The number of benzene rings is 1. The number of hydrogen-bond acceptors (Lipinski definition) is 6. The molecule has 2 aromatic heterocycles. The van der Waals surface area contributed by atoms with Crippen LogP contribution in [0.3, 0.4) is 0 Å². The van der Waals surface area contributed by atoms with Crippen molar-refractivity contribution in [3.63, 3.8) is 0 Å². The fraction of sp³-hybridized carbons (Fsp3) is 0.381. The highest BCUT2D eigenvalue weighted by Gasteiger charge is 2.38. The molecule has 0 saturated carbocycles. The van der Waals surface area contributed by atoms with E-state index < -0.39 is 12.1 Å². The lowest BCUT2D eigenvalue weighted by molar-refractivity contribution is -0.192. The van der Waals surface area contributed by atoms with Crippen molar-refractivity contribution in [2.45, 2.75) is 25.1 Å². The van der Waals surface area contributed by atoms with Gasteiger partial charge in [-0.15, -0.1) is 10.2 Å². The molecule has 3 fully saturated rings. The van der Waals surface area contributed by atoms with Gasteiger partial charge >= 0.3 is 12.1 Å². The van der Waals surface area contributed by atoms with Crippen LogP contribution in [0, 0.1) is 5.92 Å². The highest BCUT2D eigenvalue weighted by molar-refractivity contribution is 5.81. The summed E-state index contributed by atoms with van der Waals surface area (Å²) in [7, 11) is 0. The number of fused-ring (bicyclic) bond motifs is 4. The van der Waals surface area contributed by atoms with Crippen LogP contribution in [-0.2, 0) is 4.79 Å². The molecule has 1 atom stereocenters. The zero-order valence-corrected chi connectivity index (χ0v) is 16.4. The Morgan fingerprint density at radius 1 is 1.13 bits per heavy atom. The van der Waals surface area contributed by atoms with Crippen molar-refractivity contribution in [2.24, 2.45) is 5.92 Å². The van der Waals surface area contributed by atoms with Crippen molar-refractivity contribution in [3.05, 3.63) is 42.5 Å². The third-order valence-corrected chi connectivity index (χ3v) is 5.43. The van der Waals surface area contributed by atoms with Gasteiger partial charge in [-0.1, -0.05) is 18.2 Å². The Labute approximate surface area is 175 Å². The number of rotatable bonds is 3. The molecule has 0 aliphatic carbocycles. The molecule has 31 heavy (non-hydrogen) atoms. The van der Waals surface area contributed by atoms with Crippen LogP contribution < -0.4 is 4.74 Å². The second-order valence-electron chi connectivity index (χ2n) is 7.50. The summed E-state index contributed by atoms with van der Waals surface area (Å²) in [5, 5.41) is 16.7. The zero-order chi connectivity index (χ0) is 22.0. The predicted molar refractivity (Wildman–Crippen MR) is 105 cm³/mol. The Bertz CT molecular complexity index is 1010. The maximum absolute atomic E-state index is 10.6. The van der Waals surface area contributed by atoms with Crippen molar-refractivity contribution in [3.8, 4) is 17.3 Å². The van der Waals surface area contributed by atoms with Gasteiger partial charge in [-0.3, -0.25) is 4.90 Å². The summed E-state index contributed by atoms with van der Waals surface area (Å²) in [6.07, 6.45) is -2.37. The van der Waals surface area contributed by atoms with E-state index in [9.17, 15) is 13.2 Å². The highest BCUT2D eigenvalue weighted by Crippen LogP contribution is 2.31. The van der Waals surface area contributed by atoms with Gasteiger partial charge in [-0.2, -0.15) is 13.2 Å². The average molecular weight is 435 g/mol. The second kappa shape index (κ2) is 8.54. The van der Waals surface area contributed by atoms with Crippen LogP contribution in [0.1, 0.15) is 12.8 Å². The number of para-hydroxylation sites is 1. The van der Waals surface area contributed by atoms with Crippen molar-refractivity contribution < 1.29 is 32.2 Å². The fourth-order valence-electron chi connectivity index (χ4n) is 3.82. The molecule has 3 aromatic rings. The SMILES string of the molecule is O=C(O)C(F)(F)F.c1ccc2oc(-c3ccc(O[C@H]4CN5CCC4CC5)nn3)cc2c1. The minimum atomic E-state index is -5.08. The number of aliphatic carboxylic acids is 1. The highest BCUT2D eigenvalue weighted by atomic mass is 19.4. The van der Waals surface area contributed by atoms with Crippen LogP contribution in [0.2, 0.25) is 0 Å². The number of carboxylic acid groups (broad SMARTS) is 1. The Morgan fingerprint density at radius 3 is 2.39 bits per heavy atom. The standard InChI is InChI=1S/C19H19N3O2.C2HF3O2/c1-2-4-16-14(3-1)11-17(23-16)15-5-6-19(21-20-15)24-18-12-22-9-7-13(18)8-10-22;3-2(4,5)1(6)7/h1-6,11,13,18H,7-10,12H2;(H,6,7)/t18-;/m0./s1. The Kier molecular flexibility index (Phi) is 5.81. The fourth-order valence-corrected chi connectivity index (χ4v) is 3.82. The van der Waals surface area contributed by atoms with Gasteiger partial charge in [0.25, 0.3) is 0 Å². The molecule has 6 rings (SSSR count). The molecule has 3 saturated heterocycles. The summed E-state index contributed by atoms with van der Waals surface area (Å²) in [4.78, 5) is 11.4. The largest absolute Gasteiger partial charge is 0.490 e. The number of alkyl halides is 3. The number of nitrogens with zero attached hydrogens (tertiary/aromatic N) is 3. The molecule has 164 valence electrons. The zero-order valence-electron chi connectivity index (χ0n) is 16.4. The maximum Gasteiger partial charge on any atom is 0.490 e. The molecule has 0 spiro atoms. The molecule has 0 radical (unpaired) electrons. The third-order valence-electron chi connectivity index (χ3n) is 5.43.